The summed E-state index contributed by atoms with van der Waals surface area (Å²) in [4.78, 5) is 7.41. The number of benzene rings is 2. The van der Waals surface area contributed by atoms with E-state index in [9.17, 15) is 0 Å². The van der Waals surface area contributed by atoms with Gasteiger partial charge in [-0.05, 0) is 49.1 Å². The highest BCUT2D eigenvalue weighted by atomic mass is 35.5. The molecule has 3 aromatic rings. The van der Waals surface area contributed by atoms with Gasteiger partial charge in [-0.2, -0.15) is 0 Å². The van der Waals surface area contributed by atoms with Crippen molar-refractivity contribution in [1.29, 1.82) is 0 Å². The SMILES string of the molecule is Clc1ccc2nc(N3CCCCC3)c(-c3ccccc3)cc2c1. The van der Waals surface area contributed by atoms with Crippen molar-refractivity contribution in [3.63, 3.8) is 0 Å². The molecule has 0 N–H and O–H groups in total. The molecule has 1 aromatic heterocycles. The number of fused-ring (bicyclic) bond motifs is 1. The van der Waals surface area contributed by atoms with Gasteiger partial charge in [0.05, 0.1) is 5.52 Å². The molecule has 1 aliphatic heterocycles. The first-order valence-electron chi connectivity index (χ1n) is 8.22. The summed E-state index contributed by atoms with van der Waals surface area (Å²) in [5, 5.41) is 1.85. The normalized spacial score (nSPS) is 15.1. The van der Waals surface area contributed by atoms with Gasteiger partial charge in [0.25, 0.3) is 0 Å². The van der Waals surface area contributed by atoms with Crippen LogP contribution in [0.5, 0.6) is 0 Å². The topological polar surface area (TPSA) is 16.1 Å². The molecule has 1 fully saturated rings. The maximum absolute atomic E-state index is 6.17. The van der Waals surface area contributed by atoms with Gasteiger partial charge in [0.1, 0.15) is 5.82 Å². The number of piperidine rings is 1. The van der Waals surface area contributed by atoms with Crippen LogP contribution in [-0.2, 0) is 0 Å². The van der Waals surface area contributed by atoms with E-state index in [1.54, 1.807) is 0 Å². The predicted octanol–water partition coefficient (Wildman–Crippen LogP) is 5.55. The number of nitrogens with zero attached hydrogens (tertiary/aromatic N) is 2. The van der Waals surface area contributed by atoms with Crippen molar-refractivity contribution in [2.45, 2.75) is 19.3 Å². The Balaban J connectivity index is 1.92. The molecule has 0 bridgehead atoms. The molecular weight excluding hydrogens is 304 g/mol. The van der Waals surface area contributed by atoms with Gasteiger partial charge in [-0.15, -0.1) is 0 Å². The zero-order valence-electron chi connectivity index (χ0n) is 13.0. The summed E-state index contributed by atoms with van der Waals surface area (Å²) in [6.07, 6.45) is 3.81. The molecule has 116 valence electrons. The Kier molecular flexibility index (Phi) is 3.92. The van der Waals surface area contributed by atoms with Gasteiger partial charge in [0, 0.05) is 29.1 Å². The zero-order valence-corrected chi connectivity index (χ0v) is 13.8. The lowest BCUT2D eigenvalue weighted by atomic mass is 10.0. The summed E-state index contributed by atoms with van der Waals surface area (Å²) < 4.78 is 0. The predicted molar refractivity (Wildman–Crippen MR) is 98.3 cm³/mol. The van der Waals surface area contributed by atoms with Crippen molar-refractivity contribution in [1.82, 2.24) is 4.98 Å². The lowest BCUT2D eigenvalue weighted by Crippen LogP contribution is -2.30. The van der Waals surface area contributed by atoms with Crippen LogP contribution in [-0.4, -0.2) is 18.1 Å². The molecule has 1 saturated heterocycles. The number of hydrogen-bond donors (Lipinski definition) is 0. The zero-order chi connectivity index (χ0) is 15.6. The number of halogens is 1. The first-order chi connectivity index (χ1) is 11.3. The molecule has 1 aliphatic rings. The Bertz CT molecular complexity index is 824. The second kappa shape index (κ2) is 6.21. The van der Waals surface area contributed by atoms with Crippen LogP contribution in [0.15, 0.2) is 54.6 Å². The number of pyridine rings is 1. The third-order valence-corrected chi connectivity index (χ3v) is 4.73. The minimum atomic E-state index is 0.754. The summed E-state index contributed by atoms with van der Waals surface area (Å²) in [5.41, 5.74) is 3.42. The summed E-state index contributed by atoms with van der Waals surface area (Å²) in [6.45, 7) is 2.18. The smallest absolute Gasteiger partial charge is 0.137 e. The molecule has 2 aromatic carbocycles. The highest BCUT2D eigenvalue weighted by Crippen LogP contribution is 2.34. The van der Waals surface area contributed by atoms with E-state index in [2.05, 4.69) is 41.3 Å². The maximum atomic E-state index is 6.17. The summed E-state index contributed by atoms with van der Waals surface area (Å²) in [6, 6.07) is 18.7. The van der Waals surface area contributed by atoms with Gasteiger partial charge in [-0.1, -0.05) is 41.9 Å². The Morgan fingerprint density at radius 2 is 1.65 bits per heavy atom. The first-order valence-corrected chi connectivity index (χ1v) is 8.60. The molecule has 0 saturated carbocycles. The van der Waals surface area contributed by atoms with Crippen LogP contribution in [0.2, 0.25) is 5.02 Å². The molecule has 0 amide bonds. The van der Waals surface area contributed by atoms with Crippen LogP contribution in [0, 0.1) is 0 Å². The van der Waals surface area contributed by atoms with E-state index in [-0.39, 0.29) is 0 Å². The average molecular weight is 323 g/mol. The Morgan fingerprint density at radius 1 is 0.870 bits per heavy atom. The largest absolute Gasteiger partial charge is 0.356 e. The molecule has 3 heteroatoms. The molecule has 0 aliphatic carbocycles. The number of aromatic nitrogens is 1. The van der Waals surface area contributed by atoms with Gasteiger partial charge in [-0.3, -0.25) is 0 Å². The molecule has 23 heavy (non-hydrogen) atoms. The molecule has 0 unspecified atom stereocenters. The Hall–Kier alpha value is -2.06. The van der Waals surface area contributed by atoms with Crippen LogP contribution >= 0.6 is 11.6 Å². The molecular formula is C20H19ClN2. The summed E-state index contributed by atoms with van der Waals surface area (Å²) in [5.74, 6) is 1.10. The van der Waals surface area contributed by atoms with Crippen molar-refractivity contribution in [2.24, 2.45) is 0 Å². The third kappa shape index (κ3) is 2.91. The quantitative estimate of drug-likeness (QED) is 0.615. The Morgan fingerprint density at radius 3 is 2.43 bits per heavy atom. The van der Waals surface area contributed by atoms with Crippen molar-refractivity contribution < 1.29 is 0 Å². The van der Waals surface area contributed by atoms with Crippen LogP contribution in [0.3, 0.4) is 0 Å². The summed E-state index contributed by atoms with van der Waals surface area (Å²) in [7, 11) is 0. The van der Waals surface area contributed by atoms with Gasteiger partial charge < -0.3 is 4.90 Å². The number of rotatable bonds is 2. The van der Waals surface area contributed by atoms with E-state index in [0.29, 0.717) is 0 Å². The first kappa shape index (κ1) is 14.5. The van der Waals surface area contributed by atoms with Crippen molar-refractivity contribution in [2.75, 3.05) is 18.0 Å². The fourth-order valence-corrected chi connectivity index (χ4v) is 3.49. The Labute approximate surface area is 141 Å². The van der Waals surface area contributed by atoms with Crippen molar-refractivity contribution in [3.8, 4) is 11.1 Å². The van der Waals surface area contributed by atoms with E-state index < -0.39 is 0 Å². The van der Waals surface area contributed by atoms with Crippen LogP contribution < -0.4 is 4.90 Å². The number of anilines is 1. The standard InChI is InChI=1S/C20H19ClN2/c21-17-9-10-19-16(13-17)14-18(15-7-3-1-4-8-15)20(22-19)23-11-5-2-6-12-23/h1,3-4,7-10,13-14H,2,5-6,11-12H2. The highest BCUT2D eigenvalue weighted by Gasteiger charge is 2.18. The molecule has 2 heterocycles. The second-order valence-corrected chi connectivity index (χ2v) is 6.55. The van der Waals surface area contributed by atoms with Crippen LogP contribution in [0.4, 0.5) is 5.82 Å². The minimum Gasteiger partial charge on any atom is -0.356 e. The van der Waals surface area contributed by atoms with E-state index >= 15 is 0 Å². The molecule has 0 atom stereocenters. The molecule has 4 rings (SSSR count). The minimum absolute atomic E-state index is 0.754. The maximum Gasteiger partial charge on any atom is 0.137 e. The fraction of sp³-hybridized carbons (Fsp3) is 0.250. The molecule has 0 spiro atoms. The van der Waals surface area contributed by atoms with Gasteiger partial charge in [0.15, 0.2) is 0 Å². The second-order valence-electron chi connectivity index (χ2n) is 6.11. The fourth-order valence-electron chi connectivity index (χ4n) is 3.31. The number of hydrogen-bond acceptors (Lipinski definition) is 2. The monoisotopic (exact) mass is 322 g/mol. The third-order valence-electron chi connectivity index (χ3n) is 4.50. The van der Waals surface area contributed by atoms with Crippen LogP contribution in [0.1, 0.15) is 19.3 Å². The highest BCUT2D eigenvalue weighted by molar-refractivity contribution is 6.31. The molecule has 2 nitrogen and oxygen atoms in total. The lowest BCUT2D eigenvalue weighted by molar-refractivity contribution is 0.574. The van der Waals surface area contributed by atoms with Crippen molar-refractivity contribution >= 4 is 28.3 Å². The van der Waals surface area contributed by atoms with Crippen LogP contribution in [0.25, 0.3) is 22.0 Å². The van der Waals surface area contributed by atoms with E-state index in [0.717, 1.165) is 34.8 Å². The summed E-state index contributed by atoms with van der Waals surface area (Å²) >= 11 is 6.17. The van der Waals surface area contributed by atoms with E-state index in [1.165, 1.54) is 30.4 Å². The lowest BCUT2D eigenvalue weighted by Gasteiger charge is -2.30. The van der Waals surface area contributed by atoms with E-state index in [4.69, 9.17) is 16.6 Å². The molecule has 0 radical (unpaired) electrons. The van der Waals surface area contributed by atoms with Crippen molar-refractivity contribution in [3.05, 3.63) is 59.6 Å². The van der Waals surface area contributed by atoms with E-state index in [1.807, 2.05) is 18.2 Å². The van der Waals surface area contributed by atoms with Gasteiger partial charge >= 0.3 is 0 Å². The van der Waals surface area contributed by atoms with Gasteiger partial charge in [-0.25, -0.2) is 4.98 Å². The van der Waals surface area contributed by atoms with Gasteiger partial charge in [0.2, 0.25) is 0 Å². The average Bonchev–Trinajstić information content (AvgIpc) is 2.62.